The van der Waals surface area contributed by atoms with E-state index in [2.05, 4.69) is 16.0 Å². The number of ether oxygens (including phenoxy) is 1. The van der Waals surface area contributed by atoms with Crippen LogP contribution in [-0.4, -0.2) is 51.7 Å². The second kappa shape index (κ2) is 9.48. The van der Waals surface area contributed by atoms with E-state index in [1.165, 1.54) is 12.1 Å². The number of carbonyl (C=O) groups excluding carboxylic acids is 2. The summed E-state index contributed by atoms with van der Waals surface area (Å²) in [6.45, 7) is 2.85. The molecular formula is C18H26FN3O3. The van der Waals surface area contributed by atoms with Gasteiger partial charge in [0.1, 0.15) is 5.82 Å². The molecule has 7 heteroatoms. The molecule has 0 radical (unpaired) electrons. The second-order valence-electron chi connectivity index (χ2n) is 6.54. The van der Waals surface area contributed by atoms with E-state index in [1.807, 2.05) is 0 Å². The first-order valence-electron chi connectivity index (χ1n) is 8.50. The van der Waals surface area contributed by atoms with E-state index in [1.54, 1.807) is 19.2 Å². The first kappa shape index (κ1) is 19.3. The molecule has 1 aromatic rings. The molecule has 2 rings (SSSR count). The highest BCUT2D eigenvalue weighted by atomic mass is 19.1. The Morgan fingerprint density at radius 2 is 2.00 bits per heavy atom. The number of amides is 2. The number of methoxy groups -OCH3 is 1. The topological polar surface area (TPSA) is 79.5 Å². The monoisotopic (exact) mass is 351 g/mol. The van der Waals surface area contributed by atoms with E-state index in [9.17, 15) is 14.0 Å². The van der Waals surface area contributed by atoms with Gasteiger partial charge in [-0.25, -0.2) is 4.39 Å². The molecule has 6 nitrogen and oxygen atoms in total. The number of rotatable bonds is 8. The van der Waals surface area contributed by atoms with Crippen LogP contribution in [0.3, 0.4) is 0 Å². The van der Waals surface area contributed by atoms with Crippen LogP contribution in [0, 0.1) is 11.2 Å². The van der Waals surface area contributed by atoms with Crippen LogP contribution in [-0.2, 0) is 20.7 Å². The molecule has 0 bridgehead atoms. The van der Waals surface area contributed by atoms with Gasteiger partial charge in [0.05, 0.1) is 19.6 Å². The van der Waals surface area contributed by atoms with Gasteiger partial charge < -0.3 is 20.7 Å². The molecule has 0 saturated carbocycles. The maximum atomic E-state index is 13.1. The molecule has 1 fully saturated rings. The maximum Gasteiger partial charge on any atom is 0.239 e. The molecule has 0 aliphatic carbocycles. The van der Waals surface area contributed by atoms with E-state index >= 15 is 0 Å². The number of hydrogen-bond donors (Lipinski definition) is 3. The Labute approximate surface area is 147 Å². The van der Waals surface area contributed by atoms with Crippen LogP contribution >= 0.6 is 0 Å². The number of benzene rings is 1. The summed E-state index contributed by atoms with van der Waals surface area (Å²) in [5.41, 5.74) is 0.521. The van der Waals surface area contributed by atoms with Crippen molar-refractivity contribution in [2.45, 2.75) is 19.3 Å². The highest BCUT2D eigenvalue weighted by Crippen LogP contribution is 2.28. The van der Waals surface area contributed by atoms with E-state index in [4.69, 9.17) is 4.74 Å². The Balaban J connectivity index is 1.73. The molecule has 0 aromatic heterocycles. The van der Waals surface area contributed by atoms with Crippen molar-refractivity contribution >= 4 is 11.8 Å². The van der Waals surface area contributed by atoms with E-state index in [0.29, 0.717) is 18.7 Å². The molecule has 138 valence electrons. The summed E-state index contributed by atoms with van der Waals surface area (Å²) in [6, 6.07) is 5.87. The molecule has 2 amide bonds. The van der Waals surface area contributed by atoms with Gasteiger partial charge in [0.25, 0.3) is 0 Å². The number of nitrogens with one attached hydrogen (secondary N) is 3. The molecule has 1 saturated heterocycles. The van der Waals surface area contributed by atoms with Crippen LogP contribution in [0.1, 0.15) is 18.4 Å². The Bertz CT molecular complexity index is 583. The van der Waals surface area contributed by atoms with Crippen molar-refractivity contribution in [3.63, 3.8) is 0 Å². The smallest absolute Gasteiger partial charge is 0.239 e. The molecule has 1 heterocycles. The zero-order chi connectivity index (χ0) is 18.1. The lowest BCUT2D eigenvalue weighted by Gasteiger charge is -2.37. The third-order valence-corrected chi connectivity index (χ3v) is 4.48. The first-order chi connectivity index (χ1) is 12.0. The highest BCUT2D eigenvalue weighted by Gasteiger charge is 2.32. The molecule has 1 aliphatic heterocycles. The fourth-order valence-electron chi connectivity index (χ4n) is 3.06. The SMILES string of the molecule is COCC1(CNC(=O)CNC(=O)Cc2cccc(F)c2)CCNCC1. The van der Waals surface area contributed by atoms with Gasteiger partial charge in [0, 0.05) is 19.1 Å². The summed E-state index contributed by atoms with van der Waals surface area (Å²) < 4.78 is 18.4. The summed E-state index contributed by atoms with van der Waals surface area (Å²) in [7, 11) is 1.66. The van der Waals surface area contributed by atoms with E-state index < -0.39 is 0 Å². The molecule has 0 spiro atoms. The van der Waals surface area contributed by atoms with Crippen molar-refractivity contribution in [2.75, 3.05) is 39.9 Å². The van der Waals surface area contributed by atoms with E-state index in [0.717, 1.165) is 25.9 Å². The second-order valence-corrected chi connectivity index (χ2v) is 6.54. The van der Waals surface area contributed by atoms with Crippen molar-refractivity contribution in [2.24, 2.45) is 5.41 Å². The predicted octanol–water partition coefficient (Wildman–Crippen LogP) is 0.617. The van der Waals surface area contributed by atoms with Crippen molar-refractivity contribution in [3.8, 4) is 0 Å². The fourth-order valence-corrected chi connectivity index (χ4v) is 3.06. The Kier molecular flexibility index (Phi) is 7.33. The summed E-state index contributed by atoms with van der Waals surface area (Å²) in [5.74, 6) is -0.927. The third kappa shape index (κ3) is 6.43. The zero-order valence-corrected chi connectivity index (χ0v) is 14.6. The van der Waals surface area contributed by atoms with Gasteiger partial charge in [-0.3, -0.25) is 9.59 Å². The van der Waals surface area contributed by atoms with Gasteiger partial charge >= 0.3 is 0 Å². The lowest BCUT2D eigenvalue weighted by Crippen LogP contribution is -2.48. The van der Waals surface area contributed by atoms with Crippen LogP contribution in [0.4, 0.5) is 4.39 Å². The third-order valence-electron chi connectivity index (χ3n) is 4.48. The maximum absolute atomic E-state index is 13.1. The van der Waals surface area contributed by atoms with Crippen LogP contribution < -0.4 is 16.0 Å². The van der Waals surface area contributed by atoms with Crippen LogP contribution in [0.15, 0.2) is 24.3 Å². The van der Waals surface area contributed by atoms with Gasteiger partial charge in [-0.1, -0.05) is 12.1 Å². The summed E-state index contributed by atoms with van der Waals surface area (Å²) >= 11 is 0. The summed E-state index contributed by atoms with van der Waals surface area (Å²) in [4.78, 5) is 23.9. The normalized spacial score (nSPS) is 16.2. The van der Waals surface area contributed by atoms with Gasteiger partial charge in [0.15, 0.2) is 0 Å². The number of halogens is 1. The minimum absolute atomic E-state index is 0.0460. The Morgan fingerprint density at radius 3 is 2.68 bits per heavy atom. The molecule has 1 aromatic carbocycles. The molecule has 0 atom stereocenters. The molecule has 1 aliphatic rings. The minimum Gasteiger partial charge on any atom is -0.384 e. The Morgan fingerprint density at radius 1 is 1.24 bits per heavy atom. The van der Waals surface area contributed by atoms with Gasteiger partial charge in [-0.05, 0) is 43.6 Å². The van der Waals surface area contributed by atoms with Crippen molar-refractivity contribution in [3.05, 3.63) is 35.6 Å². The highest BCUT2D eigenvalue weighted by molar-refractivity contribution is 5.85. The van der Waals surface area contributed by atoms with Crippen LogP contribution in [0.5, 0.6) is 0 Å². The number of hydrogen-bond acceptors (Lipinski definition) is 4. The fraction of sp³-hybridized carbons (Fsp3) is 0.556. The van der Waals surface area contributed by atoms with Crippen molar-refractivity contribution < 1.29 is 18.7 Å². The largest absolute Gasteiger partial charge is 0.384 e. The molecule has 25 heavy (non-hydrogen) atoms. The predicted molar refractivity (Wildman–Crippen MR) is 92.5 cm³/mol. The molecular weight excluding hydrogens is 325 g/mol. The van der Waals surface area contributed by atoms with E-state index in [-0.39, 0.29) is 36.0 Å². The summed E-state index contributed by atoms with van der Waals surface area (Å²) in [6.07, 6.45) is 1.92. The Hall–Kier alpha value is -1.99. The quantitative estimate of drug-likeness (QED) is 0.641. The molecule has 3 N–H and O–H groups in total. The van der Waals surface area contributed by atoms with Gasteiger partial charge in [-0.15, -0.1) is 0 Å². The van der Waals surface area contributed by atoms with Crippen molar-refractivity contribution in [1.29, 1.82) is 0 Å². The average molecular weight is 351 g/mol. The van der Waals surface area contributed by atoms with Gasteiger partial charge in [0.2, 0.25) is 11.8 Å². The first-order valence-corrected chi connectivity index (χ1v) is 8.50. The summed E-state index contributed by atoms with van der Waals surface area (Å²) in [5, 5.41) is 8.75. The standard InChI is InChI=1S/C18H26FN3O3/c1-25-13-18(5-7-20-8-6-18)12-22-17(24)11-21-16(23)10-14-3-2-4-15(19)9-14/h2-4,9,20H,5-8,10-13H2,1H3,(H,21,23)(H,22,24). The number of carbonyl (C=O) groups is 2. The zero-order valence-electron chi connectivity index (χ0n) is 14.6. The average Bonchev–Trinajstić information content (AvgIpc) is 2.59. The lowest BCUT2D eigenvalue weighted by atomic mass is 9.79. The van der Waals surface area contributed by atoms with Crippen molar-refractivity contribution in [1.82, 2.24) is 16.0 Å². The number of piperidine rings is 1. The van der Waals surface area contributed by atoms with Crippen LogP contribution in [0.2, 0.25) is 0 Å². The van der Waals surface area contributed by atoms with Gasteiger partial charge in [-0.2, -0.15) is 0 Å². The van der Waals surface area contributed by atoms with Crippen LogP contribution in [0.25, 0.3) is 0 Å². The minimum atomic E-state index is -0.381. The molecule has 0 unspecified atom stereocenters. The lowest BCUT2D eigenvalue weighted by molar-refractivity contribution is -0.126.